The number of nitrogens with one attached hydrogen (secondary N) is 2. The van der Waals surface area contributed by atoms with Gasteiger partial charge in [-0.25, -0.2) is 9.78 Å². The van der Waals surface area contributed by atoms with E-state index < -0.39 is 28.1 Å². The number of aromatic nitrogens is 2. The van der Waals surface area contributed by atoms with Gasteiger partial charge in [-0.05, 0) is 62.8 Å². The van der Waals surface area contributed by atoms with Gasteiger partial charge in [0, 0.05) is 57.0 Å². The molecule has 0 unspecified atom stereocenters. The Kier molecular flexibility index (Phi) is 12.2. The fourth-order valence-electron chi connectivity index (χ4n) is 6.08. The molecular formula is C37H48N6O7S. The number of amides is 3. The molecule has 0 aliphatic carbocycles. The number of anilines is 2. The van der Waals surface area contributed by atoms with Gasteiger partial charge in [0.05, 0.1) is 42.4 Å². The second-order valence-electron chi connectivity index (χ2n) is 13.3. The number of ether oxygens (including phenoxy) is 2. The van der Waals surface area contributed by atoms with E-state index >= 15 is 0 Å². The molecule has 5 rings (SSSR count). The number of sulfonamides is 1. The third-order valence-electron chi connectivity index (χ3n) is 9.09. The SMILES string of the molecule is C[C@H](CO)N1C[C@H](C)[C@H](CN(C)C(=O)Nc2cccc3ccccc23)OCCCC[C@H](C)Oc2ccc(NS(=O)(=O)c3cn(C)cn3)cc2C1=O. The maximum atomic E-state index is 14.4. The average molecular weight is 721 g/mol. The highest BCUT2D eigenvalue weighted by molar-refractivity contribution is 7.92. The average Bonchev–Trinajstić information content (AvgIpc) is 3.56. The number of benzene rings is 3. The predicted octanol–water partition coefficient (Wildman–Crippen LogP) is 5.33. The zero-order chi connectivity index (χ0) is 36.7. The fourth-order valence-corrected chi connectivity index (χ4v) is 7.11. The van der Waals surface area contributed by atoms with Crippen LogP contribution >= 0.6 is 0 Å². The number of likely N-dealkylation sites (N-methyl/N-ethyl adjacent to an activating group) is 1. The Hall–Kier alpha value is -4.66. The van der Waals surface area contributed by atoms with Crippen LogP contribution in [0.5, 0.6) is 5.75 Å². The fraction of sp³-hybridized carbons (Fsp3) is 0.432. The lowest BCUT2D eigenvalue weighted by Gasteiger charge is -2.35. The molecule has 3 amide bonds. The van der Waals surface area contributed by atoms with Crippen molar-refractivity contribution < 1.29 is 32.6 Å². The van der Waals surface area contributed by atoms with Crippen LogP contribution in [0.25, 0.3) is 10.8 Å². The lowest BCUT2D eigenvalue weighted by Crippen LogP contribution is -2.48. The van der Waals surface area contributed by atoms with Crippen LogP contribution in [0.2, 0.25) is 0 Å². The van der Waals surface area contributed by atoms with Gasteiger partial charge in [0.25, 0.3) is 15.9 Å². The number of nitrogens with zero attached hydrogens (tertiary/aromatic N) is 4. The summed E-state index contributed by atoms with van der Waals surface area (Å²) in [6.07, 6.45) is 4.33. The Balaban J connectivity index is 1.40. The first-order valence-corrected chi connectivity index (χ1v) is 18.7. The molecule has 51 heavy (non-hydrogen) atoms. The maximum absolute atomic E-state index is 14.4. The number of hydrogen-bond donors (Lipinski definition) is 3. The van der Waals surface area contributed by atoms with Crippen LogP contribution < -0.4 is 14.8 Å². The Bertz CT molecular complexity index is 1930. The summed E-state index contributed by atoms with van der Waals surface area (Å²) in [5.74, 6) is -0.402. The van der Waals surface area contributed by atoms with Crippen molar-refractivity contribution in [3.8, 4) is 5.75 Å². The Morgan fingerprint density at radius 3 is 2.63 bits per heavy atom. The van der Waals surface area contributed by atoms with Crippen LogP contribution in [0.15, 0.2) is 78.2 Å². The quantitative estimate of drug-likeness (QED) is 0.221. The molecule has 3 aromatic carbocycles. The molecule has 2 heterocycles. The molecule has 1 aromatic heterocycles. The van der Waals surface area contributed by atoms with Crippen molar-refractivity contribution in [2.24, 2.45) is 13.0 Å². The van der Waals surface area contributed by atoms with Crippen LogP contribution in [-0.2, 0) is 21.8 Å². The third-order valence-corrected chi connectivity index (χ3v) is 10.4. The lowest BCUT2D eigenvalue weighted by molar-refractivity contribution is -0.0115. The molecule has 0 spiro atoms. The minimum atomic E-state index is -4.04. The van der Waals surface area contributed by atoms with Gasteiger partial charge < -0.3 is 34.3 Å². The Morgan fingerprint density at radius 1 is 1.12 bits per heavy atom. The number of rotatable bonds is 8. The largest absolute Gasteiger partial charge is 0.490 e. The lowest BCUT2D eigenvalue weighted by atomic mass is 10.0. The van der Waals surface area contributed by atoms with E-state index in [0.29, 0.717) is 24.5 Å². The van der Waals surface area contributed by atoms with Crippen molar-refractivity contribution >= 4 is 44.1 Å². The molecule has 3 N–H and O–H groups in total. The first kappa shape index (κ1) is 37.6. The van der Waals surface area contributed by atoms with Crippen molar-refractivity contribution in [2.45, 2.75) is 63.3 Å². The highest BCUT2D eigenvalue weighted by Crippen LogP contribution is 2.30. The van der Waals surface area contributed by atoms with Gasteiger partial charge >= 0.3 is 6.03 Å². The highest BCUT2D eigenvalue weighted by atomic mass is 32.2. The normalized spacial score (nSPS) is 19.8. The molecule has 4 aromatic rings. The number of fused-ring (bicyclic) bond motifs is 2. The van der Waals surface area contributed by atoms with Gasteiger partial charge in [0.2, 0.25) is 0 Å². The van der Waals surface area contributed by atoms with Crippen LogP contribution in [0.1, 0.15) is 50.4 Å². The van der Waals surface area contributed by atoms with E-state index in [0.717, 1.165) is 23.6 Å². The number of hydrogen-bond acceptors (Lipinski definition) is 8. The Labute approximate surface area is 299 Å². The van der Waals surface area contributed by atoms with Gasteiger partial charge in [-0.3, -0.25) is 9.52 Å². The van der Waals surface area contributed by atoms with Crippen molar-refractivity contribution in [2.75, 3.05) is 43.4 Å². The Morgan fingerprint density at radius 2 is 1.88 bits per heavy atom. The van der Waals surface area contributed by atoms with Crippen molar-refractivity contribution in [1.29, 1.82) is 0 Å². The molecule has 0 saturated heterocycles. The third kappa shape index (κ3) is 9.37. The number of aryl methyl sites for hydroxylation is 1. The highest BCUT2D eigenvalue weighted by Gasteiger charge is 2.31. The van der Waals surface area contributed by atoms with Crippen LogP contribution in [0.3, 0.4) is 0 Å². The molecular weight excluding hydrogens is 673 g/mol. The molecule has 274 valence electrons. The van der Waals surface area contributed by atoms with Crippen LogP contribution in [-0.4, -0.2) is 96.4 Å². The summed E-state index contributed by atoms with van der Waals surface area (Å²) in [4.78, 5) is 35.0. The first-order valence-electron chi connectivity index (χ1n) is 17.2. The summed E-state index contributed by atoms with van der Waals surface area (Å²) in [6.45, 7) is 6.20. The number of aliphatic hydroxyl groups excluding tert-OH is 1. The number of urea groups is 1. The number of carbonyl (C=O) groups is 2. The summed E-state index contributed by atoms with van der Waals surface area (Å²) < 4.78 is 42.9. The van der Waals surface area contributed by atoms with Crippen LogP contribution in [0, 0.1) is 5.92 Å². The molecule has 1 aliphatic heterocycles. The molecule has 1 aliphatic rings. The van der Waals surface area contributed by atoms with E-state index in [1.165, 1.54) is 23.2 Å². The van der Waals surface area contributed by atoms with Crippen LogP contribution in [0.4, 0.5) is 16.2 Å². The zero-order valence-corrected chi connectivity index (χ0v) is 30.6. The van der Waals surface area contributed by atoms with E-state index in [9.17, 15) is 23.1 Å². The van der Waals surface area contributed by atoms with Crippen molar-refractivity contribution in [1.82, 2.24) is 19.4 Å². The van der Waals surface area contributed by atoms with Crippen molar-refractivity contribution in [3.63, 3.8) is 0 Å². The van der Waals surface area contributed by atoms with E-state index in [1.807, 2.05) is 56.3 Å². The maximum Gasteiger partial charge on any atom is 0.321 e. The van der Waals surface area contributed by atoms with E-state index in [4.69, 9.17) is 9.47 Å². The van der Waals surface area contributed by atoms with Crippen molar-refractivity contribution in [3.05, 3.63) is 78.8 Å². The molecule has 13 nitrogen and oxygen atoms in total. The second-order valence-corrected chi connectivity index (χ2v) is 15.0. The standard InChI is InChI=1S/C37H48N6O7S/c1-25-20-43(26(2)23-44)36(45)31-19-29(40-51(47,48)35-22-41(4)24-38-35)16-17-33(31)50-27(3)11-8-9-18-49-34(25)21-42(5)37(46)39-32-15-10-13-28-12-6-7-14-30(28)32/h6-7,10,12-17,19,22,24-27,34,40,44H,8-9,11,18,20-21,23H2,1-5H3,(H,39,46)/t25-,26+,27-,34-/m0/s1. The minimum Gasteiger partial charge on any atom is -0.490 e. The molecule has 0 saturated carbocycles. The summed E-state index contributed by atoms with van der Waals surface area (Å²) in [5, 5.41) is 15.1. The van der Waals surface area contributed by atoms with E-state index in [-0.39, 0.29) is 54.0 Å². The minimum absolute atomic E-state index is 0.150. The van der Waals surface area contributed by atoms with E-state index in [1.54, 1.807) is 43.0 Å². The molecule has 14 heteroatoms. The number of aliphatic hydroxyl groups is 1. The second kappa shape index (κ2) is 16.6. The topological polar surface area (TPSA) is 155 Å². The first-order chi connectivity index (χ1) is 24.4. The summed E-state index contributed by atoms with van der Waals surface area (Å²) in [6, 6.07) is 17.3. The predicted molar refractivity (Wildman–Crippen MR) is 196 cm³/mol. The van der Waals surface area contributed by atoms with Gasteiger partial charge in [-0.2, -0.15) is 8.42 Å². The van der Waals surface area contributed by atoms with Gasteiger partial charge in [0.1, 0.15) is 5.75 Å². The zero-order valence-electron chi connectivity index (χ0n) is 29.8. The summed E-state index contributed by atoms with van der Waals surface area (Å²) in [7, 11) is -0.657. The van der Waals surface area contributed by atoms with Gasteiger partial charge in [-0.15, -0.1) is 0 Å². The summed E-state index contributed by atoms with van der Waals surface area (Å²) in [5.41, 5.74) is 1.02. The summed E-state index contributed by atoms with van der Waals surface area (Å²) >= 11 is 0. The molecule has 0 radical (unpaired) electrons. The molecule has 0 fully saturated rings. The monoisotopic (exact) mass is 720 g/mol. The van der Waals surface area contributed by atoms with Gasteiger partial charge in [0.15, 0.2) is 5.03 Å². The molecule has 0 bridgehead atoms. The number of imidazole rings is 1. The molecule has 4 atom stereocenters. The van der Waals surface area contributed by atoms with Gasteiger partial charge in [-0.1, -0.05) is 43.3 Å². The number of carbonyl (C=O) groups excluding carboxylic acids is 2. The smallest absolute Gasteiger partial charge is 0.321 e. The van der Waals surface area contributed by atoms with E-state index in [2.05, 4.69) is 15.0 Å².